The molecule has 0 aliphatic rings. The van der Waals surface area contributed by atoms with E-state index in [0.717, 1.165) is 16.5 Å². The largest absolute Gasteiger partial charge is 0.490 e. The fraction of sp³-hybridized carbons (Fsp3) is 0.350. The lowest BCUT2D eigenvalue weighted by molar-refractivity contribution is -0.123. The molecule has 0 atom stereocenters. The van der Waals surface area contributed by atoms with Gasteiger partial charge in [0.05, 0.1) is 6.61 Å². The molecule has 0 aliphatic carbocycles. The summed E-state index contributed by atoms with van der Waals surface area (Å²) in [5.41, 5.74) is 2.26. The maximum atomic E-state index is 12.0. The molecule has 0 aromatic heterocycles. The van der Waals surface area contributed by atoms with E-state index in [9.17, 15) is 4.79 Å². The van der Waals surface area contributed by atoms with Gasteiger partial charge in [-0.2, -0.15) is 0 Å². The van der Waals surface area contributed by atoms with Crippen LogP contribution in [0.2, 0.25) is 0 Å². The fourth-order valence-corrected chi connectivity index (χ4v) is 2.93. The van der Waals surface area contributed by atoms with Gasteiger partial charge in [0.2, 0.25) is 0 Å². The lowest BCUT2D eigenvalue weighted by atomic mass is 10.1. The first-order valence-corrected chi connectivity index (χ1v) is 9.46. The molecular formula is C20H25BrN2O3. The number of carbonyl (C=O) groups is 1. The van der Waals surface area contributed by atoms with Gasteiger partial charge in [-0.25, -0.2) is 0 Å². The predicted molar refractivity (Wildman–Crippen MR) is 107 cm³/mol. The average molecular weight is 421 g/mol. The third kappa shape index (κ3) is 6.35. The van der Waals surface area contributed by atoms with Crippen molar-refractivity contribution in [1.82, 2.24) is 10.6 Å². The van der Waals surface area contributed by atoms with Crippen LogP contribution in [0.25, 0.3) is 0 Å². The topological polar surface area (TPSA) is 59.6 Å². The van der Waals surface area contributed by atoms with Gasteiger partial charge in [0.15, 0.2) is 18.1 Å². The smallest absolute Gasteiger partial charge is 0.257 e. The molecular weight excluding hydrogens is 396 g/mol. The number of nitrogens with one attached hydrogen (secondary N) is 2. The summed E-state index contributed by atoms with van der Waals surface area (Å²) in [6, 6.07) is 13.8. The third-order valence-electron chi connectivity index (χ3n) is 3.72. The monoisotopic (exact) mass is 420 g/mol. The SMILES string of the molecule is CCOc1cc(CNC)c(Br)cc1OCC(=O)NCCc1ccccc1. The van der Waals surface area contributed by atoms with E-state index < -0.39 is 0 Å². The van der Waals surface area contributed by atoms with E-state index in [1.54, 1.807) is 0 Å². The van der Waals surface area contributed by atoms with Crippen LogP contribution in [0.3, 0.4) is 0 Å². The van der Waals surface area contributed by atoms with Crippen molar-refractivity contribution in [2.45, 2.75) is 19.9 Å². The third-order valence-corrected chi connectivity index (χ3v) is 4.46. The summed E-state index contributed by atoms with van der Waals surface area (Å²) >= 11 is 3.53. The van der Waals surface area contributed by atoms with Gasteiger partial charge in [-0.15, -0.1) is 0 Å². The highest BCUT2D eigenvalue weighted by Gasteiger charge is 2.12. The lowest BCUT2D eigenvalue weighted by Gasteiger charge is -2.15. The highest BCUT2D eigenvalue weighted by Crippen LogP contribution is 2.33. The Morgan fingerprint density at radius 1 is 1.12 bits per heavy atom. The first-order chi connectivity index (χ1) is 12.6. The van der Waals surface area contributed by atoms with Gasteiger partial charge in [0.25, 0.3) is 5.91 Å². The molecule has 2 rings (SSSR count). The number of benzene rings is 2. The second-order valence-corrected chi connectivity index (χ2v) is 6.58. The Morgan fingerprint density at radius 3 is 2.54 bits per heavy atom. The Morgan fingerprint density at radius 2 is 1.85 bits per heavy atom. The van der Waals surface area contributed by atoms with Crippen LogP contribution in [0.1, 0.15) is 18.1 Å². The number of ether oxygens (including phenoxy) is 2. The molecule has 0 aliphatic heterocycles. The van der Waals surface area contributed by atoms with Gasteiger partial charge < -0.3 is 20.1 Å². The summed E-state index contributed by atoms with van der Waals surface area (Å²) in [6.45, 7) is 3.68. The van der Waals surface area contributed by atoms with Crippen molar-refractivity contribution in [2.24, 2.45) is 0 Å². The molecule has 0 saturated carbocycles. The minimum atomic E-state index is -0.154. The van der Waals surface area contributed by atoms with Crippen molar-refractivity contribution in [3.05, 3.63) is 58.1 Å². The molecule has 0 fully saturated rings. The van der Waals surface area contributed by atoms with Gasteiger partial charge in [0.1, 0.15) is 0 Å². The minimum Gasteiger partial charge on any atom is -0.490 e. The van der Waals surface area contributed by atoms with E-state index in [4.69, 9.17) is 9.47 Å². The molecule has 2 N–H and O–H groups in total. The van der Waals surface area contributed by atoms with E-state index in [2.05, 4.69) is 26.6 Å². The van der Waals surface area contributed by atoms with Crippen molar-refractivity contribution in [3.8, 4) is 11.5 Å². The Kier molecular flexibility index (Phi) is 8.44. The molecule has 0 radical (unpaired) electrons. The summed E-state index contributed by atoms with van der Waals surface area (Å²) in [6.07, 6.45) is 0.793. The second kappa shape index (κ2) is 10.8. The number of rotatable bonds is 10. The van der Waals surface area contributed by atoms with Crippen LogP contribution in [0.4, 0.5) is 0 Å². The van der Waals surface area contributed by atoms with Crippen LogP contribution in [0, 0.1) is 0 Å². The molecule has 140 valence electrons. The summed E-state index contributed by atoms with van der Waals surface area (Å²) in [7, 11) is 1.89. The number of halogens is 1. The number of amides is 1. The molecule has 26 heavy (non-hydrogen) atoms. The van der Waals surface area contributed by atoms with Crippen LogP contribution >= 0.6 is 15.9 Å². The van der Waals surface area contributed by atoms with Gasteiger partial charge in [0, 0.05) is 17.6 Å². The molecule has 5 nitrogen and oxygen atoms in total. The van der Waals surface area contributed by atoms with E-state index in [-0.39, 0.29) is 12.5 Å². The summed E-state index contributed by atoms with van der Waals surface area (Å²) < 4.78 is 12.2. The fourth-order valence-electron chi connectivity index (χ4n) is 2.47. The summed E-state index contributed by atoms with van der Waals surface area (Å²) in [5, 5.41) is 5.98. The minimum absolute atomic E-state index is 0.0489. The van der Waals surface area contributed by atoms with Gasteiger partial charge in [-0.3, -0.25) is 4.79 Å². The molecule has 2 aromatic carbocycles. The maximum absolute atomic E-state index is 12.0. The number of carbonyl (C=O) groups excluding carboxylic acids is 1. The molecule has 6 heteroatoms. The van der Waals surface area contributed by atoms with Crippen LogP contribution in [0.15, 0.2) is 46.9 Å². The maximum Gasteiger partial charge on any atom is 0.257 e. The standard InChI is InChI=1S/C20H25BrN2O3/c1-3-25-18-11-16(13-22-2)17(21)12-19(18)26-14-20(24)23-10-9-15-7-5-4-6-8-15/h4-8,11-12,22H,3,9-10,13-14H2,1-2H3,(H,23,24). The average Bonchev–Trinajstić information content (AvgIpc) is 2.64. The Balaban J connectivity index is 1.88. The Hall–Kier alpha value is -2.05. The van der Waals surface area contributed by atoms with E-state index in [1.807, 2.05) is 56.4 Å². The first kappa shape index (κ1) is 20.3. The van der Waals surface area contributed by atoms with E-state index in [1.165, 1.54) is 5.56 Å². The number of hydrogen-bond donors (Lipinski definition) is 2. The molecule has 2 aromatic rings. The zero-order chi connectivity index (χ0) is 18.8. The van der Waals surface area contributed by atoms with Crippen molar-refractivity contribution >= 4 is 21.8 Å². The zero-order valence-electron chi connectivity index (χ0n) is 15.2. The van der Waals surface area contributed by atoms with Crippen LogP contribution in [-0.4, -0.2) is 32.7 Å². The Bertz CT molecular complexity index is 708. The van der Waals surface area contributed by atoms with Crippen molar-refractivity contribution in [3.63, 3.8) is 0 Å². The van der Waals surface area contributed by atoms with Crippen LogP contribution in [-0.2, 0) is 17.8 Å². The van der Waals surface area contributed by atoms with E-state index in [0.29, 0.717) is 31.2 Å². The van der Waals surface area contributed by atoms with Crippen molar-refractivity contribution in [2.75, 3.05) is 26.8 Å². The molecule has 0 heterocycles. The van der Waals surface area contributed by atoms with Gasteiger partial charge in [-0.05, 0) is 43.7 Å². The second-order valence-electron chi connectivity index (χ2n) is 5.73. The van der Waals surface area contributed by atoms with Gasteiger partial charge in [-0.1, -0.05) is 46.3 Å². The van der Waals surface area contributed by atoms with Crippen molar-refractivity contribution in [1.29, 1.82) is 0 Å². The van der Waals surface area contributed by atoms with Crippen molar-refractivity contribution < 1.29 is 14.3 Å². The Labute approximate surface area is 163 Å². The van der Waals surface area contributed by atoms with E-state index >= 15 is 0 Å². The molecule has 0 saturated heterocycles. The normalized spacial score (nSPS) is 10.4. The van der Waals surface area contributed by atoms with Crippen LogP contribution in [0.5, 0.6) is 11.5 Å². The number of hydrogen-bond acceptors (Lipinski definition) is 4. The molecule has 0 bridgehead atoms. The lowest BCUT2D eigenvalue weighted by Crippen LogP contribution is -2.30. The molecule has 0 spiro atoms. The molecule has 0 unspecified atom stereocenters. The highest BCUT2D eigenvalue weighted by molar-refractivity contribution is 9.10. The predicted octanol–water partition coefficient (Wildman–Crippen LogP) is 3.30. The molecule has 1 amide bonds. The van der Waals surface area contributed by atoms with Gasteiger partial charge >= 0.3 is 0 Å². The van der Waals surface area contributed by atoms with Crippen LogP contribution < -0.4 is 20.1 Å². The first-order valence-electron chi connectivity index (χ1n) is 8.67. The highest BCUT2D eigenvalue weighted by atomic mass is 79.9. The summed E-state index contributed by atoms with van der Waals surface area (Å²) in [4.78, 5) is 12.0. The summed E-state index contributed by atoms with van der Waals surface area (Å²) in [5.74, 6) is 1.04. The zero-order valence-corrected chi connectivity index (χ0v) is 16.8. The quantitative estimate of drug-likeness (QED) is 0.618.